The Kier molecular flexibility index (Phi) is 4.32. The molecule has 3 rings (SSSR count). The normalized spacial score (nSPS) is 14.1. The largest absolute Gasteiger partial charge is 0.351 e. The smallest absolute Gasteiger partial charge is 0.255 e. The molecule has 0 unspecified atom stereocenters. The second-order valence-electron chi connectivity index (χ2n) is 5.53. The summed E-state index contributed by atoms with van der Waals surface area (Å²) in [6.45, 7) is 8.39. The van der Waals surface area contributed by atoms with Crippen LogP contribution in [0.25, 0.3) is 0 Å². The summed E-state index contributed by atoms with van der Waals surface area (Å²) in [6.07, 6.45) is 4.90. The average Bonchev–Trinajstić information content (AvgIpc) is 2.75. The van der Waals surface area contributed by atoms with Crippen LogP contribution in [0.3, 0.4) is 0 Å². The van der Waals surface area contributed by atoms with Crippen molar-refractivity contribution in [3.8, 4) is 0 Å². The summed E-state index contributed by atoms with van der Waals surface area (Å²) in [6, 6.07) is 5.72. The number of nitrogens with zero attached hydrogens (tertiary/aromatic N) is 5. The molecule has 0 radical (unpaired) electrons. The van der Waals surface area contributed by atoms with Crippen LogP contribution in [0, 0.1) is 6.92 Å². The highest BCUT2D eigenvalue weighted by atomic mass is 16.2. The van der Waals surface area contributed by atoms with Crippen molar-refractivity contribution in [1.29, 1.82) is 0 Å². The zero-order valence-corrected chi connectivity index (χ0v) is 13.1. The topological polar surface area (TPSA) is 62.2 Å². The maximum Gasteiger partial charge on any atom is 0.255 e. The molecule has 1 aliphatic heterocycles. The number of amides is 1. The van der Waals surface area contributed by atoms with E-state index in [0.717, 1.165) is 23.6 Å². The highest BCUT2D eigenvalue weighted by molar-refractivity contribution is 5.94. The van der Waals surface area contributed by atoms with E-state index >= 15 is 0 Å². The minimum atomic E-state index is -0.0353. The molecule has 3 heterocycles. The van der Waals surface area contributed by atoms with Crippen molar-refractivity contribution in [2.75, 3.05) is 24.5 Å². The molecule has 6 heteroatoms. The number of fused-ring (bicyclic) bond motifs is 1. The van der Waals surface area contributed by atoms with Crippen LogP contribution in [-0.4, -0.2) is 45.6 Å². The van der Waals surface area contributed by atoms with Gasteiger partial charge in [-0.25, -0.2) is 4.98 Å². The lowest BCUT2D eigenvalue weighted by atomic mass is 10.2. The van der Waals surface area contributed by atoms with Crippen LogP contribution in [-0.2, 0) is 6.54 Å². The van der Waals surface area contributed by atoms with Crippen LogP contribution >= 0.6 is 0 Å². The molecule has 1 amide bonds. The van der Waals surface area contributed by atoms with E-state index in [2.05, 4.69) is 26.7 Å². The van der Waals surface area contributed by atoms with Crippen LogP contribution in [0.1, 0.15) is 21.6 Å². The molecular weight excluding hydrogens is 290 g/mol. The molecule has 6 nitrogen and oxygen atoms in total. The Balaban J connectivity index is 1.91. The first-order valence-corrected chi connectivity index (χ1v) is 7.57. The maximum absolute atomic E-state index is 12.7. The molecule has 0 spiro atoms. The summed E-state index contributed by atoms with van der Waals surface area (Å²) in [5.74, 6) is 0.903. The number of rotatable bonds is 3. The predicted molar refractivity (Wildman–Crippen MR) is 88.2 cm³/mol. The number of carbonyl (C=O) groups excluding carboxylic acids is 1. The van der Waals surface area contributed by atoms with Gasteiger partial charge in [-0.05, 0) is 19.1 Å². The molecule has 1 aliphatic rings. The average molecular weight is 309 g/mol. The lowest BCUT2D eigenvalue weighted by Gasteiger charge is -2.22. The van der Waals surface area contributed by atoms with Gasteiger partial charge in [0.1, 0.15) is 5.82 Å². The monoisotopic (exact) mass is 309 g/mol. The predicted octanol–water partition coefficient (Wildman–Crippen LogP) is 1.83. The van der Waals surface area contributed by atoms with Crippen molar-refractivity contribution >= 4 is 11.7 Å². The summed E-state index contributed by atoms with van der Waals surface area (Å²) in [7, 11) is 0. The summed E-state index contributed by atoms with van der Waals surface area (Å²) >= 11 is 0. The van der Waals surface area contributed by atoms with E-state index in [4.69, 9.17) is 0 Å². The number of hydrogen-bond acceptors (Lipinski definition) is 5. The third-order valence-electron chi connectivity index (χ3n) is 3.86. The Morgan fingerprint density at radius 3 is 2.91 bits per heavy atom. The number of aryl methyl sites for hydroxylation is 1. The number of aromatic nitrogens is 3. The molecule has 118 valence electrons. The minimum Gasteiger partial charge on any atom is -0.351 e. The van der Waals surface area contributed by atoms with Gasteiger partial charge in [0, 0.05) is 37.4 Å². The SMILES string of the molecule is C=CCN1CCN(C(=O)c2ccnnc2)Cc2ccc(C)nc21. The van der Waals surface area contributed by atoms with Gasteiger partial charge in [0.25, 0.3) is 5.91 Å². The van der Waals surface area contributed by atoms with Gasteiger partial charge in [-0.1, -0.05) is 12.1 Å². The zero-order valence-electron chi connectivity index (χ0n) is 13.1. The van der Waals surface area contributed by atoms with Crippen molar-refractivity contribution in [1.82, 2.24) is 20.1 Å². The number of carbonyl (C=O) groups is 1. The number of pyridine rings is 1. The van der Waals surface area contributed by atoms with Crippen LogP contribution in [0.5, 0.6) is 0 Å². The van der Waals surface area contributed by atoms with Crippen molar-refractivity contribution in [3.05, 3.63) is 60.1 Å². The summed E-state index contributed by atoms with van der Waals surface area (Å²) in [5, 5.41) is 7.51. The molecule has 2 aromatic rings. The van der Waals surface area contributed by atoms with Crippen molar-refractivity contribution in [2.24, 2.45) is 0 Å². The van der Waals surface area contributed by atoms with E-state index in [1.807, 2.05) is 30.0 Å². The maximum atomic E-state index is 12.7. The molecule has 0 saturated heterocycles. The van der Waals surface area contributed by atoms with Gasteiger partial charge >= 0.3 is 0 Å². The van der Waals surface area contributed by atoms with E-state index in [9.17, 15) is 4.79 Å². The number of hydrogen-bond donors (Lipinski definition) is 0. The van der Waals surface area contributed by atoms with Crippen molar-refractivity contribution in [3.63, 3.8) is 0 Å². The first kappa shape index (κ1) is 15.1. The first-order valence-electron chi connectivity index (χ1n) is 7.57. The van der Waals surface area contributed by atoms with E-state index in [-0.39, 0.29) is 5.91 Å². The number of anilines is 1. The molecule has 0 aromatic carbocycles. The Morgan fingerprint density at radius 1 is 1.30 bits per heavy atom. The third kappa shape index (κ3) is 3.21. The second-order valence-corrected chi connectivity index (χ2v) is 5.53. The fourth-order valence-corrected chi connectivity index (χ4v) is 2.71. The van der Waals surface area contributed by atoms with Gasteiger partial charge in [0.2, 0.25) is 0 Å². The summed E-state index contributed by atoms with van der Waals surface area (Å²) in [5.41, 5.74) is 2.57. The van der Waals surface area contributed by atoms with E-state index in [0.29, 0.717) is 25.2 Å². The summed E-state index contributed by atoms with van der Waals surface area (Å²) < 4.78 is 0. The molecule has 0 fully saturated rings. The van der Waals surface area contributed by atoms with Gasteiger partial charge in [0.05, 0.1) is 18.0 Å². The lowest BCUT2D eigenvalue weighted by Crippen LogP contribution is -2.35. The Morgan fingerprint density at radius 2 is 2.17 bits per heavy atom. The zero-order chi connectivity index (χ0) is 16.2. The molecule has 0 bridgehead atoms. The molecule has 23 heavy (non-hydrogen) atoms. The minimum absolute atomic E-state index is 0.0353. The Hall–Kier alpha value is -2.76. The first-order chi connectivity index (χ1) is 11.2. The highest BCUT2D eigenvalue weighted by Gasteiger charge is 2.24. The second kappa shape index (κ2) is 6.56. The van der Waals surface area contributed by atoms with E-state index in [1.54, 1.807) is 6.07 Å². The fraction of sp³-hybridized carbons (Fsp3) is 0.294. The van der Waals surface area contributed by atoms with Crippen LogP contribution in [0.4, 0.5) is 5.82 Å². The Bertz CT molecular complexity index is 716. The molecule has 0 aliphatic carbocycles. The quantitative estimate of drug-likeness (QED) is 0.810. The molecule has 0 N–H and O–H groups in total. The third-order valence-corrected chi connectivity index (χ3v) is 3.86. The van der Waals surface area contributed by atoms with E-state index in [1.165, 1.54) is 12.4 Å². The molecule has 2 aromatic heterocycles. The Labute approximate surface area is 135 Å². The van der Waals surface area contributed by atoms with Crippen LogP contribution in [0.15, 0.2) is 43.2 Å². The fourth-order valence-electron chi connectivity index (χ4n) is 2.71. The van der Waals surface area contributed by atoms with Crippen LogP contribution in [0.2, 0.25) is 0 Å². The van der Waals surface area contributed by atoms with E-state index < -0.39 is 0 Å². The van der Waals surface area contributed by atoms with Crippen LogP contribution < -0.4 is 4.90 Å². The van der Waals surface area contributed by atoms with Crippen molar-refractivity contribution in [2.45, 2.75) is 13.5 Å². The molecular formula is C17H19N5O. The van der Waals surface area contributed by atoms with Crippen molar-refractivity contribution < 1.29 is 4.79 Å². The molecule has 0 atom stereocenters. The molecule has 0 saturated carbocycles. The van der Waals surface area contributed by atoms with Gasteiger partial charge < -0.3 is 9.80 Å². The van der Waals surface area contributed by atoms with Gasteiger partial charge in [-0.3, -0.25) is 4.79 Å². The lowest BCUT2D eigenvalue weighted by molar-refractivity contribution is 0.0751. The standard InChI is InChI=1S/C17H19N5O/c1-3-8-21-9-10-22(17(23)14-6-7-18-19-11-14)12-15-5-4-13(2)20-16(15)21/h3-7,11H,1,8-10,12H2,2H3. The highest BCUT2D eigenvalue weighted by Crippen LogP contribution is 2.24. The summed E-state index contributed by atoms with van der Waals surface area (Å²) in [4.78, 5) is 21.3. The van der Waals surface area contributed by atoms with Gasteiger partial charge in [0.15, 0.2) is 0 Å². The van der Waals surface area contributed by atoms with Gasteiger partial charge in [-0.15, -0.1) is 6.58 Å². The van der Waals surface area contributed by atoms with Gasteiger partial charge in [-0.2, -0.15) is 10.2 Å².